The molecule has 1 aromatic rings. The molecule has 82 valence electrons. The average molecular weight is 214 g/mol. The molecule has 2 N–H and O–H groups in total. The summed E-state index contributed by atoms with van der Waals surface area (Å²) >= 11 is 0. The Hall–Kier alpha value is -1.18. The van der Waals surface area contributed by atoms with E-state index < -0.39 is 0 Å². The smallest absolute Gasteiger partial charge is 0.119 e. The van der Waals surface area contributed by atoms with Crippen molar-refractivity contribution < 1.29 is 10.2 Å². The molecule has 5 aliphatic carbocycles. The van der Waals surface area contributed by atoms with E-state index in [1.54, 1.807) is 12.1 Å². The fourth-order valence-corrected chi connectivity index (χ4v) is 5.49. The highest BCUT2D eigenvalue weighted by molar-refractivity contribution is 5.60. The summed E-state index contributed by atoms with van der Waals surface area (Å²) in [6, 6.07) is 3.33. The fourth-order valence-electron chi connectivity index (χ4n) is 5.49. The summed E-state index contributed by atoms with van der Waals surface area (Å²) in [5.74, 6) is 5.35. The number of fused-ring (bicyclic) bond motifs is 2. The van der Waals surface area contributed by atoms with Crippen molar-refractivity contribution in [3.8, 4) is 11.5 Å². The van der Waals surface area contributed by atoms with Crippen molar-refractivity contribution in [3.63, 3.8) is 0 Å². The molecule has 0 spiro atoms. The second-order valence-corrected chi connectivity index (χ2v) is 6.04. The topological polar surface area (TPSA) is 40.5 Å². The molecule has 1 aromatic carbocycles. The Balaban J connectivity index is 1.84. The highest BCUT2D eigenvalue weighted by Gasteiger charge is 2.74. The highest BCUT2D eigenvalue weighted by atomic mass is 16.3. The van der Waals surface area contributed by atoms with Crippen LogP contribution in [-0.2, 0) is 0 Å². The number of phenolic OH excluding ortho intramolecular Hbond substituents is 2. The first kappa shape index (κ1) is 7.99. The number of phenols is 2. The van der Waals surface area contributed by atoms with E-state index in [2.05, 4.69) is 0 Å². The molecule has 6 bridgehead atoms. The van der Waals surface area contributed by atoms with Gasteiger partial charge in [0, 0.05) is 11.1 Å². The van der Waals surface area contributed by atoms with Gasteiger partial charge in [0.15, 0.2) is 0 Å². The molecule has 2 nitrogen and oxygen atoms in total. The number of benzene rings is 1. The first-order valence-electron chi connectivity index (χ1n) is 6.34. The maximum atomic E-state index is 10.0. The lowest BCUT2D eigenvalue weighted by Gasteiger charge is -2.28. The van der Waals surface area contributed by atoms with Gasteiger partial charge >= 0.3 is 0 Å². The molecule has 6 rings (SSSR count). The van der Waals surface area contributed by atoms with Gasteiger partial charge < -0.3 is 10.2 Å². The SMILES string of the molecule is Oc1ccc(O)c2c1C1C3CCC4C1C4C23. The first-order valence-corrected chi connectivity index (χ1v) is 6.34. The van der Waals surface area contributed by atoms with Gasteiger partial charge in [-0.15, -0.1) is 0 Å². The van der Waals surface area contributed by atoms with Gasteiger partial charge in [-0.3, -0.25) is 0 Å². The number of aromatic hydroxyl groups is 2. The summed E-state index contributed by atoms with van der Waals surface area (Å²) in [7, 11) is 0. The number of hydrogen-bond acceptors (Lipinski definition) is 2. The van der Waals surface area contributed by atoms with E-state index >= 15 is 0 Å². The molecule has 4 atom stereocenters. The van der Waals surface area contributed by atoms with E-state index in [1.807, 2.05) is 0 Å². The van der Waals surface area contributed by atoms with Crippen LogP contribution in [-0.4, -0.2) is 10.2 Å². The predicted octanol–water partition coefficient (Wildman–Crippen LogP) is 2.56. The van der Waals surface area contributed by atoms with Crippen LogP contribution in [0.2, 0.25) is 0 Å². The molecule has 0 radical (unpaired) electrons. The minimum absolute atomic E-state index is 0.427. The van der Waals surface area contributed by atoms with Crippen molar-refractivity contribution >= 4 is 0 Å². The minimum Gasteiger partial charge on any atom is -0.508 e. The lowest BCUT2D eigenvalue weighted by Crippen LogP contribution is -2.18. The molecule has 0 saturated heterocycles. The standard InChI is InChI=1S/C14H14O2/c15-7-3-4-8(16)14-12-6-2-1-5-9(10(5)12)11(6)13(7)14/h3-6,9-12,15-16H,1-2H2. The van der Waals surface area contributed by atoms with Gasteiger partial charge in [0.25, 0.3) is 0 Å². The van der Waals surface area contributed by atoms with Gasteiger partial charge in [-0.05, 0) is 60.5 Å². The summed E-state index contributed by atoms with van der Waals surface area (Å²) in [5, 5.41) is 20.1. The monoisotopic (exact) mass is 214 g/mol. The Labute approximate surface area is 93.9 Å². The number of hydrogen-bond donors (Lipinski definition) is 2. The maximum Gasteiger partial charge on any atom is 0.119 e. The molecule has 2 heteroatoms. The summed E-state index contributed by atoms with van der Waals surface area (Å²) in [5.41, 5.74) is 2.22. The first-order chi connectivity index (χ1) is 7.79. The third kappa shape index (κ3) is 0.596. The zero-order chi connectivity index (χ0) is 10.6. The van der Waals surface area contributed by atoms with Crippen LogP contribution in [0.4, 0.5) is 0 Å². The van der Waals surface area contributed by atoms with E-state index in [0.717, 1.165) is 34.8 Å². The molecular weight excluding hydrogens is 200 g/mol. The van der Waals surface area contributed by atoms with Crippen LogP contribution in [0.1, 0.15) is 35.8 Å². The molecule has 0 heterocycles. The normalized spacial score (nSPS) is 49.2. The lowest BCUT2D eigenvalue weighted by molar-refractivity contribution is 0.270. The predicted molar refractivity (Wildman–Crippen MR) is 58.4 cm³/mol. The van der Waals surface area contributed by atoms with Crippen molar-refractivity contribution in [2.75, 3.05) is 0 Å². The van der Waals surface area contributed by atoms with Crippen LogP contribution in [0, 0.1) is 23.7 Å². The van der Waals surface area contributed by atoms with Gasteiger partial charge in [0.1, 0.15) is 11.5 Å². The quantitative estimate of drug-likeness (QED) is 0.652. The average Bonchev–Trinajstić information content (AvgIpc) is 2.86. The van der Waals surface area contributed by atoms with E-state index in [9.17, 15) is 10.2 Å². The zero-order valence-corrected chi connectivity index (χ0v) is 8.93. The Bertz CT molecular complexity index is 479. The second-order valence-electron chi connectivity index (χ2n) is 6.04. The second kappa shape index (κ2) is 2.11. The molecule has 5 aliphatic rings. The largest absolute Gasteiger partial charge is 0.508 e. The molecule has 4 saturated carbocycles. The van der Waals surface area contributed by atoms with Crippen LogP contribution < -0.4 is 0 Å². The van der Waals surface area contributed by atoms with Crippen LogP contribution in [0.15, 0.2) is 12.1 Å². The number of rotatable bonds is 0. The molecular formula is C14H14O2. The Morgan fingerprint density at radius 1 is 0.812 bits per heavy atom. The molecule has 4 fully saturated rings. The van der Waals surface area contributed by atoms with Gasteiger partial charge in [-0.1, -0.05) is 0 Å². The van der Waals surface area contributed by atoms with Crippen molar-refractivity contribution in [1.82, 2.24) is 0 Å². The molecule has 0 amide bonds. The third-order valence-electron chi connectivity index (χ3n) is 5.79. The molecule has 4 unspecified atom stereocenters. The maximum absolute atomic E-state index is 10.0. The summed E-state index contributed by atoms with van der Waals surface area (Å²) < 4.78 is 0. The Morgan fingerprint density at radius 3 is 1.88 bits per heavy atom. The van der Waals surface area contributed by atoms with Crippen LogP contribution in [0.5, 0.6) is 11.5 Å². The van der Waals surface area contributed by atoms with E-state index in [0.29, 0.717) is 23.3 Å². The van der Waals surface area contributed by atoms with Crippen LogP contribution >= 0.6 is 0 Å². The van der Waals surface area contributed by atoms with Crippen LogP contribution in [0.3, 0.4) is 0 Å². The highest BCUT2D eigenvalue weighted by Crippen LogP contribution is 2.82. The van der Waals surface area contributed by atoms with Gasteiger partial charge in [0.2, 0.25) is 0 Å². The third-order valence-corrected chi connectivity index (χ3v) is 5.79. The Morgan fingerprint density at radius 2 is 1.31 bits per heavy atom. The molecule has 0 aliphatic heterocycles. The van der Waals surface area contributed by atoms with Crippen molar-refractivity contribution in [1.29, 1.82) is 0 Å². The fraction of sp³-hybridized carbons (Fsp3) is 0.571. The van der Waals surface area contributed by atoms with E-state index in [1.165, 1.54) is 12.8 Å². The van der Waals surface area contributed by atoms with E-state index in [4.69, 9.17) is 0 Å². The van der Waals surface area contributed by atoms with Gasteiger partial charge in [0.05, 0.1) is 0 Å². The van der Waals surface area contributed by atoms with Crippen molar-refractivity contribution in [2.24, 2.45) is 23.7 Å². The summed E-state index contributed by atoms with van der Waals surface area (Å²) in [6.07, 6.45) is 2.70. The summed E-state index contributed by atoms with van der Waals surface area (Å²) in [4.78, 5) is 0. The summed E-state index contributed by atoms with van der Waals surface area (Å²) in [6.45, 7) is 0. The zero-order valence-electron chi connectivity index (χ0n) is 8.93. The van der Waals surface area contributed by atoms with Gasteiger partial charge in [-0.25, -0.2) is 0 Å². The lowest BCUT2D eigenvalue weighted by atomic mass is 9.76. The van der Waals surface area contributed by atoms with Crippen LogP contribution in [0.25, 0.3) is 0 Å². The van der Waals surface area contributed by atoms with Crippen molar-refractivity contribution in [3.05, 3.63) is 23.3 Å². The van der Waals surface area contributed by atoms with Gasteiger partial charge in [-0.2, -0.15) is 0 Å². The Kier molecular flexibility index (Phi) is 1.05. The van der Waals surface area contributed by atoms with Crippen molar-refractivity contribution in [2.45, 2.75) is 24.7 Å². The molecule has 0 aromatic heterocycles. The van der Waals surface area contributed by atoms with E-state index in [-0.39, 0.29) is 0 Å². The minimum atomic E-state index is 0.427. The molecule has 16 heavy (non-hydrogen) atoms.